The third-order valence-electron chi connectivity index (χ3n) is 4.00. The number of alkyl halides is 3. The van der Waals surface area contributed by atoms with Gasteiger partial charge in [0.15, 0.2) is 5.69 Å². The summed E-state index contributed by atoms with van der Waals surface area (Å²) in [7, 11) is 1.29. The van der Waals surface area contributed by atoms with Gasteiger partial charge in [-0.2, -0.15) is 13.2 Å². The molecule has 0 aliphatic rings. The molecule has 2 aromatic carbocycles. The number of aromatic carboxylic acids is 1. The topological polar surface area (TPSA) is 72.2 Å². The first-order valence-electron chi connectivity index (χ1n) is 7.86. The van der Waals surface area contributed by atoms with Gasteiger partial charge in [0.25, 0.3) is 5.56 Å². The molecule has 3 rings (SSSR count). The van der Waals surface area contributed by atoms with Crippen molar-refractivity contribution in [2.45, 2.75) is 6.18 Å². The third-order valence-corrected chi connectivity index (χ3v) is 4.00. The number of rotatable bonds is 3. The molecule has 0 aliphatic carbocycles. The van der Waals surface area contributed by atoms with E-state index in [9.17, 15) is 27.2 Å². The van der Waals surface area contributed by atoms with Crippen LogP contribution in [-0.2, 0) is 13.2 Å². The second-order valence-electron chi connectivity index (χ2n) is 5.97. The van der Waals surface area contributed by atoms with Gasteiger partial charge in [0, 0.05) is 18.8 Å². The normalized spacial score (nSPS) is 11.5. The monoisotopic (exact) mass is 392 g/mol. The Bertz CT molecular complexity index is 1140. The van der Waals surface area contributed by atoms with Gasteiger partial charge >= 0.3 is 12.1 Å². The Morgan fingerprint density at radius 2 is 1.75 bits per heavy atom. The number of nitrogens with zero attached hydrogens (tertiary/aromatic N) is 2. The van der Waals surface area contributed by atoms with E-state index in [1.54, 1.807) is 0 Å². The Kier molecular flexibility index (Phi) is 4.76. The molecule has 0 amide bonds. The molecular formula is C19H12F4N2O3. The second kappa shape index (κ2) is 6.91. The van der Waals surface area contributed by atoms with E-state index in [-0.39, 0.29) is 22.4 Å². The molecule has 0 fully saturated rings. The lowest BCUT2D eigenvalue weighted by atomic mass is 9.97. The van der Waals surface area contributed by atoms with Crippen LogP contribution in [0.25, 0.3) is 22.4 Å². The fourth-order valence-electron chi connectivity index (χ4n) is 2.76. The van der Waals surface area contributed by atoms with E-state index in [1.165, 1.54) is 31.3 Å². The number of aromatic nitrogens is 2. The summed E-state index contributed by atoms with van der Waals surface area (Å²) >= 11 is 0. The fourth-order valence-corrected chi connectivity index (χ4v) is 2.76. The second-order valence-corrected chi connectivity index (χ2v) is 5.97. The first kappa shape index (κ1) is 19.3. The average Bonchev–Trinajstić information content (AvgIpc) is 2.62. The van der Waals surface area contributed by atoms with Crippen molar-refractivity contribution < 1.29 is 27.5 Å². The van der Waals surface area contributed by atoms with Gasteiger partial charge in [-0.15, -0.1) is 0 Å². The van der Waals surface area contributed by atoms with Gasteiger partial charge in [-0.25, -0.2) is 14.2 Å². The van der Waals surface area contributed by atoms with Crippen LogP contribution in [-0.4, -0.2) is 20.6 Å². The first-order valence-corrected chi connectivity index (χ1v) is 7.86. The molecule has 0 saturated carbocycles. The summed E-state index contributed by atoms with van der Waals surface area (Å²) in [5.74, 6) is -2.30. The maximum absolute atomic E-state index is 14.2. The SMILES string of the molecule is Cn1cc(C(=O)O)nc(-c2cc(F)cc(-c3ccccc3C(F)(F)F)c2)c1=O. The molecule has 0 spiro atoms. The highest BCUT2D eigenvalue weighted by Crippen LogP contribution is 2.38. The summed E-state index contributed by atoms with van der Waals surface area (Å²) in [6, 6.07) is 7.61. The van der Waals surface area contributed by atoms with Crippen LogP contribution in [0.1, 0.15) is 16.1 Å². The Hall–Kier alpha value is -3.49. The highest BCUT2D eigenvalue weighted by molar-refractivity contribution is 5.86. The number of hydrogen-bond acceptors (Lipinski definition) is 3. The zero-order valence-corrected chi connectivity index (χ0v) is 14.3. The summed E-state index contributed by atoms with van der Waals surface area (Å²) in [5, 5.41) is 9.11. The number of benzene rings is 2. The Balaban J connectivity index is 2.26. The van der Waals surface area contributed by atoms with Crippen molar-refractivity contribution >= 4 is 5.97 Å². The summed E-state index contributed by atoms with van der Waals surface area (Å²) in [6.45, 7) is 0. The molecule has 0 aliphatic heterocycles. The highest BCUT2D eigenvalue weighted by atomic mass is 19.4. The molecule has 0 unspecified atom stereocenters. The molecule has 144 valence electrons. The zero-order chi connectivity index (χ0) is 20.6. The summed E-state index contributed by atoms with van der Waals surface area (Å²) in [6.07, 6.45) is -3.67. The maximum atomic E-state index is 14.2. The lowest BCUT2D eigenvalue weighted by Crippen LogP contribution is -2.22. The quantitative estimate of drug-likeness (QED) is 0.685. The van der Waals surface area contributed by atoms with E-state index in [2.05, 4.69) is 4.98 Å². The van der Waals surface area contributed by atoms with Crippen LogP contribution in [0.4, 0.5) is 17.6 Å². The van der Waals surface area contributed by atoms with Gasteiger partial charge in [0.1, 0.15) is 11.5 Å². The van der Waals surface area contributed by atoms with Crippen LogP contribution in [0.15, 0.2) is 53.5 Å². The third kappa shape index (κ3) is 3.64. The van der Waals surface area contributed by atoms with Crippen molar-refractivity contribution in [2.24, 2.45) is 7.05 Å². The van der Waals surface area contributed by atoms with Crippen LogP contribution >= 0.6 is 0 Å². The molecule has 9 heteroatoms. The van der Waals surface area contributed by atoms with Crippen molar-refractivity contribution in [1.82, 2.24) is 9.55 Å². The number of carboxylic acids is 1. The molecule has 1 heterocycles. The van der Waals surface area contributed by atoms with E-state index in [1.807, 2.05) is 0 Å². The average molecular weight is 392 g/mol. The number of halogens is 4. The van der Waals surface area contributed by atoms with Crippen LogP contribution < -0.4 is 5.56 Å². The summed E-state index contributed by atoms with van der Waals surface area (Å²) in [4.78, 5) is 27.2. The van der Waals surface area contributed by atoms with Crippen molar-refractivity contribution in [2.75, 3.05) is 0 Å². The smallest absolute Gasteiger partial charge is 0.417 e. The van der Waals surface area contributed by atoms with Crippen molar-refractivity contribution in [1.29, 1.82) is 0 Å². The first-order chi connectivity index (χ1) is 13.1. The van der Waals surface area contributed by atoms with Gasteiger partial charge in [-0.1, -0.05) is 18.2 Å². The van der Waals surface area contributed by atoms with Crippen LogP contribution in [0.3, 0.4) is 0 Å². The molecular weight excluding hydrogens is 380 g/mol. The van der Waals surface area contributed by atoms with E-state index in [0.29, 0.717) is 0 Å². The van der Waals surface area contributed by atoms with Gasteiger partial charge in [0.05, 0.1) is 5.56 Å². The number of carboxylic acid groups (broad SMARTS) is 1. The molecule has 3 aromatic rings. The van der Waals surface area contributed by atoms with E-state index < -0.39 is 34.8 Å². The zero-order valence-electron chi connectivity index (χ0n) is 14.3. The maximum Gasteiger partial charge on any atom is 0.417 e. The largest absolute Gasteiger partial charge is 0.476 e. The van der Waals surface area contributed by atoms with Crippen LogP contribution in [0.2, 0.25) is 0 Å². The minimum atomic E-state index is -4.67. The van der Waals surface area contributed by atoms with Crippen molar-refractivity contribution in [3.8, 4) is 22.4 Å². The van der Waals surface area contributed by atoms with E-state index in [0.717, 1.165) is 29.0 Å². The molecule has 1 N–H and O–H groups in total. The van der Waals surface area contributed by atoms with Crippen LogP contribution in [0, 0.1) is 5.82 Å². The Morgan fingerprint density at radius 3 is 2.39 bits per heavy atom. The summed E-state index contributed by atoms with van der Waals surface area (Å²) < 4.78 is 55.0. The van der Waals surface area contributed by atoms with Gasteiger partial charge in [0.2, 0.25) is 0 Å². The van der Waals surface area contributed by atoms with Gasteiger partial charge in [-0.3, -0.25) is 4.79 Å². The predicted molar refractivity (Wildman–Crippen MR) is 92.3 cm³/mol. The lowest BCUT2D eigenvalue weighted by Gasteiger charge is -2.14. The Labute approximate surface area is 155 Å². The van der Waals surface area contributed by atoms with E-state index >= 15 is 0 Å². The van der Waals surface area contributed by atoms with Crippen molar-refractivity contribution in [3.63, 3.8) is 0 Å². The van der Waals surface area contributed by atoms with Gasteiger partial charge in [-0.05, 0) is 35.4 Å². The number of carbonyl (C=O) groups is 1. The molecule has 0 bridgehead atoms. The van der Waals surface area contributed by atoms with Crippen LogP contribution in [0.5, 0.6) is 0 Å². The standard InChI is InChI=1S/C19H12F4N2O3/c1-25-9-15(18(27)28)24-16(17(25)26)11-6-10(7-12(20)8-11)13-4-2-3-5-14(13)19(21,22)23/h2-9H,1H3,(H,27,28). The predicted octanol–water partition coefficient (Wildman–Crippen LogP) is 3.97. The van der Waals surface area contributed by atoms with E-state index in [4.69, 9.17) is 5.11 Å². The highest BCUT2D eigenvalue weighted by Gasteiger charge is 2.33. The molecule has 1 aromatic heterocycles. The fraction of sp³-hybridized carbons (Fsp3) is 0.105. The number of hydrogen-bond donors (Lipinski definition) is 1. The molecule has 5 nitrogen and oxygen atoms in total. The summed E-state index contributed by atoms with van der Waals surface area (Å²) in [5.41, 5.74) is -3.05. The Morgan fingerprint density at radius 1 is 1.11 bits per heavy atom. The minimum absolute atomic E-state index is 0.118. The van der Waals surface area contributed by atoms with Gasteiger partial charge < -0.3 is 9.67 Å². The molecule has 0 atom stereocenters. The molecule has 0 radical (unpaired) electrons. The molecule has 28 heavy (non-hydrogen) atoms. The number of aryl methyl sites for hydroxylation is 1. The van der Waals surface area contributed by atoms with Crippen molar-refractivity contribution in [3.05, 3.63) is 76.1 Å². The lowest BCUT2D eigenvalue weighted by molar-refractivity contribution is -0.137. The molecule has 0 saturated heterocycles. The minimum Gasteiger partial charge on any atom is -0.476 e.